The number of benzene rings is 1. The Labute approximate surface area is 287 Å². The molecule has 4 heterocycles. The SMILES string of the molecule is C[C@@H]1CN(CC2(COc3nc(N(C)CC4(N(C)C)CCC4)c4cnc(-c5c(F)cc(F)c6sc(N)c(C#N)c56)c(F)c4n3)CC2)[C@@H](C)CO1. The normalized spacial score (nSPS) is 21.6. The van der Waals surface area contributed by atoms with Crippen molar-refractivity contribution in [2.75, 3.05) is 64.6 Å². The van der Waals surface area contributed by atoms with E-state index in [4.69, 9.17) is 20.2 Å². The highest BCUT2D eigenvalue weighted by Gasteiger charge is 2.46. The topological polar surface area (TPSA) is 117 Å². The van der Waals surface area contributed by atoms with Crippen molar-refractivity contribution in [3.8, 4) is 23.3 Å². The van der Waals surface area contributed by atoms with E-state index in [1.807, 2.05) is 18.0 Å². The van der Waals surface area contributed by atoms with Gasteiger partial charge in [0.1, 0.15) is 39.7 Å². The van der Waals surface area contributed by atoms with E-state index in [0.29, 0.717) is 43.1 Å². The smallest absolute Gasteiger partial charge is 0.319 e. The number of nitrogens with zero attached hydrogens (tertiary/aromatic N) is 7. The summed E-state index contributed by atoms with van der Waals surface area (Å²) >= 11 is 0.805. The number of nitrogens with two attached hydrogens (primary N) is 1. The highest BCUT2D eigenvalue weighted by molar-refractivity contribution is 7.23. The number of hydrogen-bond donors (Lipinski definition) is 1. The first kappa shape index (κ1) is 33.7. The molecule has 2 saturated carbocycles. The van der Waals surface area contributed by atoms with Gasteiger partial charge in [0.25, 0.3) is 0 Å². The minimum Gasteiger partial charge on any atom is -0.463 e. The maximum absolute atomic E-state index is 16.8. The van der Waals surface area contributed by atoms with Crippen LogP contribution in [0.4, 0.5) is 24.0 Å². The van der Waals surface area contributed by atoms with Gasteiger partial charge in [-0.3, -0.25) is 9.88 Å². The Kier molecular flexibility index (Phi) is 8.62. The summed E-state index contributed by atoms with van der Waals surface area (Å²) in [7, 11) is 6.02. The fourth-order valence-electron chi connectivity index (χ4n) is 7.33. The van der Waals surface area contributed by atoms with Crippen LogP contribution in [-0.4, -0.2) is 96.4 Å². The molecule has 0 radical (unpaired) electrons. The molecule has 0 spiro atoms. The van der Waals surface area contributed by atoms with Crippen LogP contribution in [0.15, 0.2) is 12.3 Å². The quantitative estimate of drug-likeness (QED) is 0.213. The lowest BCUT2D eigenvalue weighted by atomic mass is 9.75. The van der Waals surface area contributed by atoms with Crippen molar-refractivity contribution in [1.29, 1.82) is 5.26 Å². The molecule has 3 aliphatic rings. The Morgan fingerprint density at radius 1 is 1.14 bits per heavy atom. The largest absolute Gasteiger partial charge is 0.463 e. The van der Waals surface area contributed by atoms with Gasteiger partial charge in [0.2, 0.25) is 0 Å². The van der Waals surface area contributed by atoms with Gasteiger partial charge in [-0.1, -0.05) is 0 Å². The summed E-state index contributed by atoms with van der Waals surface area (Å²) in [6.07, 6.45) is 6.69. The fraction of sp³-hybridized carbons (Fsp3) is 0.543. The standard InChI is InChI=1S/C35H41F3N8O2S/c1-19-15-47-20(2)14-46(19)16-34(9-10-34)18-48-33-42-28-22(32(43-33)45(5)17-35(44(3)4)7-6-8-35)13-41-29(27(28)38)26-23(36)11-24(37)30-25(26)21(12-39)31(40)49-30/h11,13,19-20H,6-10,14-18,40H2,1-5H3/t19-,20+/m0/s1. The molecule has 1 aliphatic heterocycles. The summed E-state index contributed by atoms with van der Waals surface area (Å²) in [5.41, 5.74) is 4.87. The molecule has 10 nitrogen and oxygen atoms in total. The summed E-state index contributed by atoms with van der Waals surface area (Å²) in [5, 5.41) is 10.0. The monoisotopic (exact) mass is 694 g/mol. The third kappa shape index (κ3) is 5.94. The minimum atomic E-state index is -1.06. The first-order valence-electron chi connectivity index (χ1n) is 16.7. The van der Waals surface area contributed by atoms with Gasteiger partial charge in [-0.2, -0.15) is 15.2 Å². The average molecular weight is 695 g/mol. The molecule has 260 valence electrons. The second kappa shape index (κ2) is 12.5. The van der Waals surface area contributed by atoms with Gasteiger partial charge < -0.3 is 25.0 Å². The molecule has 4 aromatic rings. The first-order valence-corrected chi connectivity index (χ1v) is 17.5. The second-order valence-electron chi connectivity index (χ2n) is 14.4. The molecular weight excluding hydrogens is 654 g/mol. The van der Waals surface area contributed by atoms with Gasteiger partial charge in [-0.15, -0.1) is 11.3 Å². The number of thiophene rings is 1. The third-order valence-corrected chi connectivity index (χ3v) is 11.8. The van der Waals surface area contributed by atoms with Crippen LogP contribution < -0.4 is 15.4 Å². The van der Waals surface area contributed by atoms with Crippen molar-refractivity contribution in [2.45, 2.75) is 63.6 Å². The van der Waals surface area contributed by atoms with E-state index < -0.39 is 23.1 Å². The Morgan fingerprint density at radius 2 is 1.90 bits per heavy atom. The van der Waals surface area contributed by atoms with E-state index >= 15 is 8.78 Å². The maximum Gasteiger partial charge on any atom is 0.319 e. The van der Waals surface area contributed by atoms with Crippen molar-refractivity contribution < 1.29 is 22.6 Å². The fourth-order valence-corrected chi connectivity index (χ4v) is 8.26. The Morgan fingerprint density at radius 3 is 2.55 bits per heavy atom. The summed E-state index contributed by atoms with van der Waals surface area (Å²) in [4.78, 5) is 20.3. The molecule has 3 aromatic heterocycles. The van der Waals surface area contributed by atoms with Crippen LogP contribution in [0.25, 0.3) is 32.2 Å². The lowest BCUT2D eigenvalue weighted by Gasteiger charge is -2.49. The molecule has 2 aliphatic carbocycles. The number of anilines is 2. The summed E-state index contributed by atoms with van der Waals surface area (Å²) in [5.74, 6) is -2.44. The van der Waals surface area contributed by atoms with Crippen LogP contribution in [0, 0.1) is 34.2 Å². The summed E-state index contributed by atoms with van der Waals surface area (Å²) in [6, 6.07) is 2.89. The Balaban J connectivity index is 1.31. The van der Waals surface area contributed by atoms with E-state index in [1.54, 1.807) is 0 Å². The van der Waals surface area contributed by atoms with Crippen molar-refractivity contribution in [2.24, 2.45) is 5.41 Å². The van der Waals surface area contributed by atoms with Crippen LogP contribution in [0.2, 0.25) is 0 Å². The lowest BCUT2D eigenvalue weighted by Crippen LogP contribution is -2.56. The molecule has 14 heteroatoms. The highest BCUT2D eigenvalue weighted by atomic mass is 32.1. The molecule has 0 amide bonds. The predicted molar refractivity (Wildman–Crippen MR) is 184 cm³/mol. The van der Waals surface area contributed by atoms with Crippen LogP contribution in [-0.2, 0) is 4.74 Å². The lowest BCUT2D eigenvalue weighted by molar-refractivity contribution is -0.0580. The number of hydrogen-bond acceptors (Lipinski definition) is 11. The van der Waals surface area contributed by atoms with Gasteiger partial charge in [0.15, 0.2) is 5.82 Å². The number of halogens is 3. The molecule has 0 unspecified atom stereocenters. The second-order valence-corrected chi connectivity index (χ2v) is 15.5. The molecule has 2 atom stereocenters. The molecule has 49 heavy (non-hydrogen) atoms. The Hall–Kier alpha value is -3.77. The van der Waals surface area contributed by atoms with E-state index in [1.165, 1.54) is 6.20 Å². The molecule has 1 saturated heterocycles. The van der Waals surface area contributed by atoms with E-state index in [2.05, 4.69) is 47.7 Å². The maximum atomic E-state index is 16.8. The van der Waals surface area contributed by atoms with E-state index in [0.717, 1.165) is 56.5 Å². The number of rotatable bonds is 10. The number of fused-ring (bicyclic) bond motifs is 2. The van der Waals surface area contributed by atoms with Crippen LogP contribution in [0.3, 0.4) is 0 Å². The van der Waals surface area contributed by atoms with Crippen LogP contribution in [0.1, 0.15) is 51.5 Å². The zero-order valence-corrected chi connectivity index (χ0v) is 29.3. The van der Waals surface area contributed by atoms with Gasteiger partial charge >= 0.3 is 6.01 Å². The number of nitriles is 1. The number of morpholine rings is 1. The summed E-state index contributed by atoms with van der Waals surface area (Å²) < 4.78 is 59.4. The predicted octanol–water partition coefficient (Wildman–Crippen LogP) is 5.97. The minimum absolute atomic E-state index is 0.00659. The third-order valence-electron chi connectivity index (χ3n) is 10.8. The highest BCUT2D eigenvalue weighted by Crippen LogP contribution is 2.48. The van der Waals surface area contributed by atoms with E-state index in [-0.39, 0.29) is 54.8 Å². The van der Waals surface area contributed by atoms with Crippen LogP contribution in [0.5, 0.6) is 6.01 Å². The number of ether oxygens (including phenoxy) is 2. The summed E-state index contributed by atoms with van der Waals surface area (Å²) in [6.45, 7) is 7.59. The van der Waals surface area contributed by atoms with Crippen molar-refractivity contribution in [3.05, 3.63) is 35.3 Å². The zero-order valence-electron chi connectivity index (χ0n) is 28.4. The molecule has 1 aromatic carbocycles. The number of likely N-dealkylation sites (N-methyl/N-ethyl adjacent to an activating group) is 2. The molecule has 3 fully saturated rings. The van der Waals surface area contributed by atoms with E-state index in [9.17, 15) is 9.65 Å². The number of pyridine rings is 1. The Bertz CT molecular complexity index is 1970. The van der Waals surface area contributed by atoms with Gasteiger partial charge in [-0.25, -0.2) is 13.2 Å². The first-order chi connectivity index (χ1) is 23.3. The van der Waals surface area contributed by atoms with Gasteiger partial charge in [0, 0.05) is 66.9 Å². The number of nitrogen functional groups attached to an aromatic ring is 1. The molecular formula is C35H41F3N8O2S. The molecule has 0 bridgehead atoms. The van der Waals surface area contributed by atoms with Crippen molar-refractivity contribution >= 4 is 43.1 Å². The van der Waals surface area contributed by atoms with Crippen molar-refractivity contribution in [3.63, 3.8) is 0 Å². The van der Waals surface area contributed by atoms with Gasteiger partial charge in [-0.05, 0) is 60.0 Å². The van der Waals surface area contributed by atoms with Crippen LogP contribution >= 0.6 is 11.3 Å². The zero-order chi connectivity index (χ0) is 34.8. The van der Waals surface area contributed by atoms with Gasteiger partial charge in [0.05, 0.1) is 35.0 Å². The van der Waals surface area contributed by atoms with Crippen molar-refractivity contribution in [1.82, 2.24) is 24.8 Å². The molecule has 7 rings (SSSR count). The molecule has 2 N–H and O–H groups in total. The number of aromatic nitrogens is 3. The average Bonchev–Trinajstić information content (AvgIpc) is 3.72.